The molecule has 0 aliphatic rings. The SMILES string of the molecule is CC(C)[C@@H](NC(=O)OCc1ccccc1)C(=O)N[C@H](Cc1ccccc1C(F)(F)F)C(=O)O. The lowest BCUT2D eigenvalue weighted by molar-refractivity contribution is -0.143. The molecule has 2 atom stereocenters. The van der Waals surface area contributed by atoms with Crippen molar-refractivity contribution in [3.8, 4) is 0 Å². The van der Waals surface area contributed by atoms with Crippen LogP contribution in [0.4, 0.5) is 18.0 Å². The standard InChI is InChI=1S/C23H25F3N2O5/c1-14(2)19(28-22(32)33-13-15-8-4-3-5-9-15)20(29)27-18(21(30)31)12-16-10-6-7-11-17(16)23(24,25)26/h3-11,14,18-19H,12-13H2,1-2H3,(H,27,29)(H,28,32)(H,30,31)/t18-,19-/m1/s1. The second-order valence-electron chi connectivity index (χ2n) is 7.69. The Morgan fingerprint density at radius 1 is 0.970 bits per heavy atom. The number of carboxylic acid groups (broad SMARTS) is 1. The molecule has 0 aliphatic heterocycles. The largest absolute Gasteiger partial charge is 0.480 e. The number of aliphatic carboxylic acids is 1. The maximum absolute atomic E-state index is 13.2. The summed E-state index contributed by atoms with van der Waals surface area (Å²) < 4.78 is 44.8. The minimum Gasteiger partial charge on any atom is -0.480 e. The van der Waals surface area contributed by atoms with Crippen LogP contribution in [-0.4, -0.2) is 35.2 Å². The van der Waals surface area contributed by atoms with Crippen molar-refractivity contribution in [3.63, 3.8) is 0 Å². The molecule has 7 nitrogen and oxygen atoms in total. The van der Waals surface area contributed by atoms with E-state index in [9.17, 15) is 32.7 Å². The van der Waals surface area contributed by atoms with Crippen LogP contribution in [-0.2, 0) is 33.5 Å². The van der Waals surface area contributed by atoms with Gasteiger partial charge in [0.15, 0.2) is 0 Å². The Balaban J connectivity index is 2.07. The summed E-state index contributed by atoms with van der Waals surface area (Å²) in [6, 6.07) is 10.6. The molecule has 2 amide bonds. The van der Waals surface area contributed by atoms with Gasteiger partial charge >= 0.3 is 18.2 Å². The Hall–Kier alpha value is -3.56. The molecule has 33 heavy (non-hydrogen) atoms. The first-order chi connectivity index (χ1) is 15.5. The summed E-state index contributed by atoms with van der Waals surface area (Å²) in [5.74, 6) is -2.81. The van der Waals surface area contributed by atoms with Gasteiger partial charge in [0, 0.05) is 6.42 Å². The number of amides is 2. The Kier molecular flexibility index (Phi) is 8.84. The maximum atomic E-state index is 13.2. The fraction of sp³-hybridized carbons (Fsp3) is 0.348. The molecule has 10 heteroatoms. The molecule has 0 aliphatic carbocycles. The first kappa shape index (κ1) is 25.7. The van der Waals surface area contributed by atoms with Crippen molar-refractivity contribution < 1.29 is 37.4 Å². The average molecular weight is 466 g/mol. The number of hydrogen-bond donors (Lipinski definition) is 3. The van der Waals surface area contributed by atoms with Gasteiger partial charge < -0.3 is 20.5 Å². The summed E-state index contributed by atoms with van der Waals surface area (Å²) in [6.45, 7) is 3.21. The van der Waals surface area contributed by atoms with Crippen LogP contribution in [0.3, 0.4) is 0 Å². The summed E-state index contributed by atoms with van der Waals surface area (Å²) in [5.41, 5.74) is -0.519. The highest BCUT2D eigenvalue weighted by molar-refractivity contribution is 5.89. The molecule has 0 radical (unpaired) electrons. The van der Waals surface area contributed by atoms with Gasteiger partial charge in [0.2, 0.25) is 5.91 Å². The molecule has 0 fully saturated rings. The van der Waals surface area contributed by atoms with Gasteiger partial charge in [-0.05, 0) is 23.1 Å². The summed E-state index contributed by atoms with van der Waals surface area (Å²) >= 11 is 0. The topological polar surface area (TPSA) is 105 Å². The van der Waals surface area contributed by atoms with E-state index in [1.165, 1.54) is 12.1 Å². The number of nitrogens with one attached hydrogen (secondary N) is 2. The average Bonchev–Trinajstić information content (AvgIpc) is 2.75. The first-order valence-corrected chi connectivity index (χ1v) is 10.1. The number of ether oxygens (including phenoxy) is 1. The second kappa shape index (κ2) is 11.3. The zero-order valence-electron chi connectivity index (χ0n) is 18.1. The van der Waals surface area contributed by atoms with E-state index in [1.54, 1.807) is 44.2 Å². The van der Waals surface area contributed by atoms with Crippen LogP contribution in [0.25, 0.3) is 0 Å². The Bertz CT molecular complexity index is 964. The number of carbonyl (C=O) groups is 3. The molecule has 0 saturated heterocycles. The maximum Gasteiger partial charge on any atom is 0.416 e. The highest BCUT2D eigenvalue weighted by Crippen LogP contribution is 2.32. The molecular formula is C23H25F3N2O5. The second-order valence-corrected chi connectivity index (χ2v) is 7.69. The van der Waals surface area contributed by atoms with Crippen molar-refractivity contribution in [2.24, 2.45) is 5.92 Å². The van der Waals surface area contributed by atoms with Gasteiger partial charge in [-0.25, -0.2) is 9.59 Å². The highest BCUT2D eigenvalue weighted by Gasteiger charge is 2.35. The summed E-state index contributed by atoms with van der Waals surface area (Å²) in [6.07, 6.45) is -6.14. The minimum absolute atomic E-state index is 0.0366. The molecule has 0 bridgehead atoms. The number of alkyl carbamates (subject to hydrolysis) is 1. The van der Waals surface area contributed by atoms with E-state index in [1.807, 2.05) is 0 Å². The third kappa shape index (κ3) is 7.81. The van der Waals surface area contributed by atoms with E-state index in [2.05, 4.69) is 10.6 Å². The predicted octanol–water partition coefficient (Wildman–Crippen LogP) is 3.77. The molecular weight excluding hydrogens is 441 g/mol. The molecule has 0 aromatic heterocycles. The lowest BCUT2D eigenvalue weighted by atomic mass is 9.98. The van der Waals surface area contributed by atoms with Gasteiger partial charge in [0.1, 0.15) is 18.7 Å². The van der Waals surface area contributed by atoms with Crippen molar-refractivity contribution in [1.82, 2.24) is 10.6 Å². The number of halogens is 3. The third-order valence-corrected chi connectivity index (χ3v) is 4.80. The molecule has 0 spiro atoms. The van der Waals surface area contributed by atoms with Crippen molar-refractivity contribution in [3.05, 3.63) is 71.3 Å². The van der Waals surface area contributed by atoms with Crippen LogP contribution < -0.4 is 10.6 Å². The number of carboxylic acids is 1. The molecule has 0 unspecified atom stereocenters. The monoisotopic (exact) mass is 466 g/mol. The number of carbonyl (C=O) groups excluding carboxylic acids is 2. The molecule has 0 saturated carbocycles. The van der Waals surface area contributed by atoms with E-state index in [4.69, 9.17) is 4.74 Å². The lowest BCUT2D eigenvalue weighted by Gasteiger charge is -2.24. The van der Waals surface area contributed by atoms with Gasteiger partial charge in [-0.15, -0.1) is 0 Å². The predicted molar refractivity (Wildman–Crippen MR) is 113 cm³/mol. The van der Waals surface area contributed by atoms with E-state index in [0.717, 1.165) is 17.7 Å². The molecule has 2 aromatic carbocycles. The summed E-state index contributed by atoms with van der Waals surface area (Å²) in [5, 5.41) is 14.1. The molecule has 0 heterocycles. The van der Waals surface area contributed by atoms with Crippen molar-refractivity contribution in [1.29, 1.82) is 0 Å². The van der Waals surface area contributed by atoms with Crippen molar-refractivity contribution >= 4 is 18.0 Å². The van der Waals surface area contributed by atoms with Crippen LogP contribution in [0.15, 0.2) is 54.6 Å². The molecule has 3 N–H and O–H groups in total. The number of benzene rings is 2. The van der Waals surface area contributed by atoms with Crippen molar-refractivity contribution in [2.75, 3.05) is 0 Å². The van der Waals surface area contributed by atoms with Gasteiger partial charge in [0.25, 0.3) is 0 Å². The van der Waals surface area contributed by atoms with E-state index < -0.39 is 54.1 Å². The lowest BCUT2D eigenvalue weighted by Crippen LogP contribution is -2.54. The zero-order chi connectivity index (χ0) is 24.6. The fourth-order valence-electron chi connectivity index (χ4n) is 3.08. The van der Waals surface area contributed by atoms with Gasteiger partial charge in [-0.2, -0.15) is 13.2 Å². The van der Waals surface area contributed by atoms with Crippen LogP contribution in [0.5, 0.6) is 0 Å². The van der Waals surface area contributed by atoms with Gasteiger partial charge in [-0.3, -0.25) is 4.79 Å². The van der Waals surface area contributed by atoms with E-state index in [-0.39, 0.29) is 12.2 Å². The van der Waals surface area contributed by atoms with Crippen LogP contribution in [0.1, 0.15) is 30.5 Å². The fourth-order valence-corrected chi connectivity index (χ4v) is 3.08. The zero-order valence-corrected chi connectivity index (χ0v) is 18.1. The molecule has 178 valence electrons. The van der Waals surface area contributed by atoms with Crippen molar-refractivity contribution in [2.45, 2.75) is 45.1 Å². The number of hydrogen-bond acceptors (Lipinski definition) is 4. The minimum atomic E-state index is -4.67. The number of rotatable bonds is 9. The quantitative estimate of drug-likeness (QED) is 0.522. The third-order valence-electron chi connectivity index (χ3n) is 4.80. The molecule has 2 aromatic rings. The van der Waals surface area contributed by atoms with Gasteiger partial charge in [0.05, 0.1) is 5.56 Å². The van der Waals surface area contributed by atoms with Crippen LogP contribution in [0, 0.1) is 5.92 Å². The summed E-state index contributed by atoms with van der Waals surface area (Å²) in [4.78, 5) is 36.5. The Morgan fingerprint density at radius 2 is 1.58 bits per heavy atom. The Labute approximate surface area is 188 Å². The normalized spacial score (nSPS) is 13.2. The Morgan fingerprint density at radius 3 is 2.15 bits per heavy atom. The number of alkyl halides is 3. The highest BCUT2D eigenvalue weighted by atomic mass is 19.4. The summed E-state index contributed by atoms with van der Waals surface area (Å²) in [7, 11) is 0. The van der Waals surface area contributed by atoms with Crippen LogP contribution >= 0.6 is 0 Å². The van der Waals surface area contributed by atoms with E-state index >= 15 is 0 Å². The smallest absolute Gasteiger partial charge is 0.416 e. The molecule has 2 rings (SSSR count). The van der Waals surface area contributed by atoms with E-state index in [0.29, 0.717) is 0 Å². The van der Waals surface area contributed by atoms with Crippen LogP contribution in [0.2, 0.25) is 0 Å². The van der Waals surface area contributed by atoms with Gasteiger partial charge in [-0.1, -0.05) is 62.4 Å². The first-order valence-electron chi connectivity index (χ1n) is 10.1.